The quantitative estimate of drug-likeness (QED) is 0.535. The highest BCUT2D eigenvalue weighted by Gasteiger charge is 2.35. The first kappa shape index (κ1) is 18.9. The highest BCUT2D eigenvalue weighted by molar-refractivity contribution is 6.01. The van der Waals surface area contributed by atoms with Crippen molar-refractivity contribution in [2.24, 2.45) is 5.92 Å². The number of ether oxygens (including phenoxy) is 1. The van der Waals surface area contributed by atoms with Crippen LogP contribution in [0, 0.1) is 5.92 Å². The van der Waals surface area contributed by atoms with Crippen LogP contribution in [0.25, 0.3) is 0 Å². The molecule has 130 valence electrons. The average Bonchev–Trinajstić information content (AvgIpc) is 2.78. The van der Waals surface area contributed by atoms with Gasteiger partial charge < -0.3 is 14.9 Å². The molecule has 0 bridgehead atoms. The second kappa shape index (κ2) is 9.12. The predicted molar refractivity (Wildman–Crippen MR) is 79.8 cm³/mol. The number of carbonyl (C=O) groups is 4. The van der Waals surface area contributed by atoms with Crippen LogP contribution in [0.15, 0.2) is 0 Å². The van der Waals surface area contributed by atoms with Gasteiger partial charge in [0.15, 0.2) is 0 Å². The van der Waals surface area contributed by atoms with Crippen LogP contribution in [0.1, 0.15) is 52.9 Å². The smallest absolute Gasteiger partial charge is 0.407 e. The van der Waals surface area contributed by atoms with Gasteiger partial charge in [0.2, 0.25) is 0 Å². The second-order valence-corrected chi connectivity index (χ2v) is 5.81. The monoisotopic (exact) mass is 328 g/mol. The molecule has 1 N–H and O–H groups in total. The lowest BCUT2D eigenvalue weighted by Crippen LogP contribution is -2.46. The van der Waals surface area contributed by atoms with Gasteiger partial charge in [0, 0.05) is 12.8 Å². The second-order valence-electron chi connectivity index (χ2n) is 5.81. The summed E-state index contributed by atoms with van der Waals surface area (Å²) in [5.74, 6) is -1.88. The summed E-state index contributed by atoms with van der Waals surface area (Å²) >= 11 is 0. The molecule has 0 radical (unpaired) electrons. The Hall–Kier alpha value is -2.12. The maximum absolute atomic E-state index is 12.2. The Morgan fingerprint density at radius 1 is 1.22 bits per heavy atom. The first-order chi connectivity index (χ1) is 10.8. The summed E-state index contributed by atoms with van der Waals surface area (Å²) in [6.45, 7) is 5.96. The van der Waals surface area contributed by atoms with E-state index in [0.717, 1.165) is 12.8 Å². The third-order valence-corrected chi connectivity index (χ3v) is 3.20. The summed E-state index contributed by atoms with van der Waals surface area (Å²) < 4.78 is 4.95. The summed E-state index contributed by atoms with van der Waals surface area (Å²) in [4.78, 5) is 51.6. The molecule has 0 spiro atoms. The van der Waals surface area contributed by atoms with E-state index >= 15 is 0 Å². The Bertz CT molecular complexity index is 447. The molecule has 0 aromatic carbocycles. The zero-order valence-corrected chi connectivity index (χ0v) is 13.8. The fraction of sp³-hybridized carbons (Fsp3) is 0.733. The Labute approximate surface area is 135 Å². The minimum absolute atomic E-state index is 0.0213. The maximum atomic E-state index is 12.2. The minimum atomic E-state index is -0.981. The van der Waals surface area contributed by atoms with Crippen LogP contribution < -0.4 is 5.32 Å². The lowest BCUT2D eigenvalue weighted by molar-refractivity contribution is -0.199. The summed E-state index contributed by atoms with van der Waals surface area (Å²) in [6.07, 6.45) is 1.23. The largest absolute Gasteiger partial charge is 0.450 e. The molecule has 8 nitrogen and oxygen atoms in total. The van der Waals surface area contributed by atoms with E-state index in [4.69, 9.17) is 9.57 Å². The highest BCUT2D eigenvalue weighted by Crippen LogP contribution is 2.14. The van der Waals surface area contributed by atoms with Crippen LogP contribution in [0.5, 0.6) is 0 Å². The van der Waals surface area contributed by atoms with Crippen LogP contribution in [0.3, 0.4) is 0 Å². The van der Waals surface area contributed by atoms with E-state index in [1.807, 2.05) is 20.8 Å². The molecule has 8 heteroatoms. The lowest BCUT2D eigenvalue weighted by atomic mass is 10.0. The van der Waals surface area contributed by atoms with Crippen molar-refractivity contribution in [3.63, 3.8) is 0 Å². The van der Waals surface area contributed by atoms with Crippen molar-refractivity contribution in [2.45, 2.75) is 58.9 Å². The third-order valence-electron chi connectivity index (χ3n) is 3.20. The molecule has 0 aromatic heterocycles. The molecule has 3 amide bonds. The van der Waals surface area contributed by atoms with E-state index in [1.165, 1.54) is 0 Å². The highest BCUT2D eigenvalue weighted by atomic mass is 16.7. The first-order valence-electron chi connectivity index (χ1n) is 7.86. The number of rotatable bonds is 8. The van der Waals surface area contributed by atoms with E-state index in [9.17, 15) is 19.2 Å². The number of carbonyl (C=O) groups excluding carboxylic acids is 4. The molecule has 1 saturated heterocycles. The Kier molecular flexibility index (Phi) is 7.50. The number of unbranched alkanes of at least 4 members (excludes halogenated alkanes) is 1. The van der Waals surface area contributed by atoms with E-state index in [2.05, 4.69) is 5.32 Å². The standard InChI is InChI=1S/C15H24N2O6/c1-4-5-8-22-15(21)16-11(9-10(2)3)14(20)23-17-12(18)6-7-13(17)19/h10-11H,4-9H2,1-3H3,(H,16,21)/t11-/m0/s1. The summed E-state index contributed by atoms with van der Waals surface area (Å²) in [7, 11) is 0. The van der Waals surface area contributed by atoms with Gasteiger partial charge in [-0.3, -0.25) is 9.59 Å². The van der Waals surface area contributed by atoms with Crippen LogP contribution in [-0.2, 0) is 24.0 Å². The number of hydrogen-bond donors (Lipinski definition) is 1. The summed E-state index contributed by atoms with van der Waals surface area (Å²) in [5.41, 5.74) is 0. The van der Waals surface area contributed by atoms with Gasteiger partial charge in [0.1, 0.15) is 6.04 Å². The SMILES string of the molecule is CCCCOC(=O)N[C@@H](CC(C)C)C(=O)ON1C(=O)CCC1=O. The van der Waals surface area contributed by atoms with Crippen LogP contribution in [0.4, 0.5) is 4.79 Å². The van der Waals surface area contributed by atoms with Crippen molar-refractivity contribution in [3.8, 4) is 0 Å². The minimum Gasteiger partial charge on any atom is -0.450 e. The maximum Gasteiger partial charge on any atom is 0.407 e. The van der Waals surface area contributed by atoms with Gasteiger partial charge in [-0.25, -0.2) is 9.59 Å². The van der Waals surface area contributed by atoms with Gasteiger partial charge in [0.05, 0.1) is 6.61 Å². The lowest BCUT2D eigenvalue weighted by Gasteiger charge is -2.21. The number of nitrogens with zero attached hydrogens (tertiary/aromatic N) is 1. The van der Waals surface area contributed by atoms with E-state index in [1.54, 1.807) is 0 Å². The molecule has 1 fully saturated rings. The topological polar surface area (TPSA) is 102 Å². The molecule has 23 heavy (non-hydrogen) atoms. The summed E-state index contributed by atoms with van der Waals surface area (Å²) in [5, 5.41) is 2.90. The van der Waals surface area contributed by atoms with Crippen molar-refractivity contribution in [1.29, 1.82) is 0 Å². The van der Waals surface area contributed by atoms with Crippen molar-refractivity contribution < 1.29 is 28.8 Å². The molecular formula is C15H24N2O6. The number of hydroxylamine groups is 2. The first-order valence-corrected chi connectivity index (χ1v) is 7.86. The van der Waals surface area contributed by atoms with Gasteiger partial charge in [-0.05, 0) is 18.8 Å². The average molecular weight is 328 g/mol. The zero-order valence-electron chi connectivity index (χ0n) is 13.8. The molecule has 1 aliphatic heterocycles. The number of alkyl carbamates (subject to hydrolysis) is 1. The number of amides is 3. The fourth-order valence-electron chi connectivity index (χ4n) is 1.99. The molecule has 0 aliphatic carbocycles. The fourth-order valence-corrected chi connectivity index (χ4v) is 1.99. The summed E-state index contributed by atoms with van der Waals surface area (Å²) in [6, 6.07) is -0.981. The molecule has 1 rings (SSSR count). The van der Waals surface area contributed by atoms with Crippen LogP contribution >= 0.6 is 0 Å². The predicted octanol–water partition coefficient (Wildman–Crippen LogP) is 1.53. The van der Waals surface area contributed by atoms with Gasteiger partial charge in [-0.2, -0.15) is 0 Å². The zero-order chi connectivity index (χ0) is 17.4. The normalized spacial score (nSPS) is 15.7. The molecular weight excluding hydrogens is 304 g/mol. The molecule has 1 atom stereocenters. The van der Waals surface area contributed by atoms with Crippen molar-refractivity contribution in [2.75, 3.05) is 6.61 Å². The van der Waals surface area contributed by atoms with Crippen LogP contribution in [0.2, 0.25) is 0 Å². The molecule has 0 aromatic rings. The Morgan fingerprint density at radius 3 is 2.35 bits per heavy atom. The molecule has 1 heterocycles. The Morgan fingerprint density at radius 2 is 1.83 bits per heavy atom. The number of imide groups is 1. The van der Waals surface area contributed by atoms with Crippen molar-refractivity contribution in [1.82, 2.24) is 10.4 Å². The van der Waals surface area contributed by atoms with Gasteiger partial charge in [-0.1, -0.05) is 27.2 Å². The van der Waals surface area contributed by atoms with Gasteiger partial charge in [0.25, 0.3) is 11.8 Å². The number of hydrogen-bond acceptors (Lipinski definition) is 6. The van der Waals surface area contributed by atoms with Crippen molar-refractivity contribution in [3.05, 3.63) is 0 Å². The van der Waals surface area contributed by atoms with Crippen molar-refractivity contribution >= 4 is 23.9 Å². The molecule has 0 unspecified atom stereocenters. The van der Waals surface area contributed by atoms with Gasteiger partial charge in [-0.15, -0.1) is 5.06 Å². The number of nitrogens with one attached hydrogen (secondary N) is 1. The third kappa shape index (κ3) is 6.25. The van der Waals surface area contributed by atoms with E-state index < -0.39 is 29.9 Å². The van der Waals surface area contributed by atoms with Crippen LogP contribution in [-0.4, -0.2) is 41.6 Å². The Balaban J connectivity index is 2.61. The molecule has 0 saturated carbocycles. The van der Waals surface area contributed by atoms with E-state index in [0.29, 0.717) is 11.5 Å². The van der Waals surface area contributed by atoms with Gasteiger partial charge >= 0.3 is 12.1 Å². The molecule has 1 aliphatic rings. The van der Waals surface area contributed by atoms with E-state index in [-0.39, 0.29) is 25.4 Å².